The van der Waals surface area contributed by atoms with Crippen LogP contribution in [0.3, 0.4) is 0 Å². The maximum absolute atomic E-state index is 12.2. The second-order valence-electron chi connectivity index (χ2n) is 6.27. The van der Waals surface area contributed by atoms with Gasteiger partial charge in [-0.3, -0.25) is 4.79 Å². The van der Waals surface area contributed by atoms with Crippen molar-refractivity contribution in [2.24, 2.45) is 0 Å². The number of benzene rings is 1. The van der Waals surface area contributed by atoms with E-state index in [2.05, 4.69) is 46.5 Å². The fourth-order valence-electron chi connectivity index (χ4n) is 2.31. The van der Waals surface area contributed by atoms with Crippen molar-refractivity contribution < 1.29 is 4.79 Å². The molecule has 24 heavy (non-hydrogen) atoms. The summed E-state index contributed by atoms with van der Waals surface area (Å²) in [6, 6.07) is 9.66. The maximum Gasteiger partial charge on any atom is 0.251 e. The van der Waals surface area contributed by atoms with Crippen LogP contribution in [0.5, 0.6) is 0 Å². The highest BCUT2D eigenvalue weighted by Crippen LogP contribution is 2.18. The van der Waals surface area contributed by atoms with Crippen LogP contribution in [-0.2, 0) is 0 Å². The van der Waals surface area contributed by atoms with Gasteiger partial charge in [-0.05, 0) is 76.3 Å². The third-order valence-corrected chi connectivity index (χ3v) is 3.87. The smallest absolute Gasteiger partial charge is 0.251 e. The number of nitrogens with one attached hydrogen (secondary N) is 2. The van der Waals surface area contributed by atoms with Crippen molar-refractivity contribution in [3.8, 4) is 0 Å². The summed E-state index contributed by atoms with van der Waals surface area (Å²) in [5.41, 5.74) is 4.05. The fraction of sp³-hybridized carbons (Fsp3) is 0.368. The van der Waals surface area contributed by atoms with Crippen LogP contribution in [0.25, 0.3) is 0 Å². The first kappa shape index (κ1) is 17.9. The Morgan fingerprint density at radius 1 is 1.12 bits per heavy atom. The molecule has 2 aromatic rings. The van der Waals surface area contributed by atoms with Crippen molar-refractivity contribution in [2.45, 2.75) is 20.3 Å². The molecule has 5 heteroatoms. The lowest BCUT2D eigenvalue weighted by Crippen LogP contribution is -2.27. The molecule has 0 aliphatic rings. The van der Waals surface area contributed by atoms with E-state index in [9.17, 15) is 4.79 Å². The normalized spacial score (nSPS) is 10.7. The lowest BCUT2D eigenvalue weighted by molar-refractivity contribution is 0.0952. The number of aromatic nitrogens is 1. The molecular weight excluding hydrogens is 300 g/mol. The fourth-order valence-corrected chi connectivity index (χ4v) is 2.31. The predicted octanol–water partition coefficient (Wildman–Crippen LogP) is 3.12. The van der Waals surface area contributed by atoms with Crippen molar-refractivity contribution in [1.82, 2.24) is 15.2 Å². The van der Waals surface area contributed by atoms with Gasteiger partial charge in [-0.15, -0.1) is 0 Å². The average molecular weight is 326 g/mol. The van der Waals surface area contributed by atoms with Crippen LogP contribution >= 0.6 is 0 Å². The van der Waals surface area contributed by atoms with Crippen LogP contribution in [-0.4, -0.2) is 43.0 Å². The molecule has 0 radical (unpaired) electrons. The van der Waals surface area contributed by atoms with E-state index < -0.39 is 0 Å². The van der Waals surface area contributed by atoms with Crippen LogP contribution in [0, 0.1) is 13.8 Å². The van der Waals surface area contributed by atoms with Crippen LogP contribution in [0.1, 0.15) is 27.9 Å². The maximum atomic E-state index is 12.2. The average Bonchev–Trinajstić information content (AvgIpc) is 2.55. The minimum Gasteiger partial charge on any atom is -0.352 e. The molecule has 2 rings (SSSR count). The molecule has 0 unspecified atom stereocenters. The van der Waals surface area contributed by atoms with Gasteiger partial charge in [-0.25, -0.2) is 4.98 Å². The number of carbonyl (C=O) groups excluding carboxylic acids is 1. The zero-order valence-electron chi connectivity index (χ0n) is 14.9. The first-order chi connectivity index (χ1) is 11.5. The Kier molecular flexibility index (Phi) is 6.32. The molecule has 0 saturated heterocycles. The highest BCUT2D eigenvalue weighted by Gasteiger charge is 2.07. The Morgan fingerprint density at radius 2 is 1.92 bits per heavy atom. The molecule has 128 valence electrons. The van der Waals surface area contributed by atoms with Crippen molar-refractivity contribution in [3.63, 3.8) is 0 Å². The minimum atomic E-state index is -0.0701. The standard InChI is InChI=1S/C19H26N4O/c1-14-6-7-17(12-15(14)2)22-18-13-16(8-10-20-18)19(24)21-9-5-11-23(3)4/h6-8,10,12-13H,5,9,11H2,1-4H3,(H,20,22)(H,21,24). The molecule has 0 atom stereocenters. The summed E-state index contributed by atoms with van der Waals surface area (Å²) in [5.74, 6) is 0.596. The number of rotatable bonds is 7. The highest BCUT2D eigenvalue weighted by molar-refractivity contribution is 5.94. The molecule has 0 bridgehead atoms. The van der Waals surface area contributed by atoms with Gasteiger partial charge in [0.1, 0.15) is 5.82 Å². The molecule has 0 spiro atoms. The van der Waals surface area contributed by atoms with Gasteiger partial charge in [-0.2, -0.15) is 0 Å². The molecule has 0 fully saturated rings. The molecule has 2 N–H and O–H groups in total. The Morgan fingerprint density at radius 3 is 2.62 bits per heavy atom. The number of hydrogen-bond acceptors (Lipinski definition) is 4. The molecule has 0 aliphatic carbocycles. The number of amides is 1. The predicted molar refractivity (Wildman–Crippen MR) is 98.9 cm³/mol. The van der Waals surface area contributed by atoms with Gasteiger partial charge >= 0.3 is 0 Å². The zero-order valence-corrected chi connectivity index (χ0v) is 14.9. The Hall–Kier alpha value is -2.40. The molecular formula is C19H26N4O. The van der Waals surface area contributed by atoms with E-state index in [1.165, 1.54) is 11.1 Å². The number of hydrogen-bond donors (Lipinski definition) is 2. The van der Waals surface area contributed by atoms with E-state index in [1.807, 2.05) is 20.2 Å². The van der Waals surface area contributed by atoms with Gasteiger partial charge in [0, 0.05) is 24.0 Å². The topological polar surface area (TPSA) is 57.3 Å². The van der Waals surface area contributed by atoms with E-state index in [4.69, 9.17) is 0 Å². The van der Waals surface area contributed by atoms with E-state index in [0.717, 1.165) is 18.7 Å². The number of carbonyl (C=O) groups is 1. The summed E-state index contributed by atoms with van der Waals surface area (Å²) in [5, 5.41) is 6.19. The summed E-state index contributed by atoms with van der Waals surface area (Å²) in [6.45, 7) is 5.78. The zero-order chi connectivity index (χ0) is 17.5. The van der Waals surface area contributed by atoms with Gasteiger partial charge in [-0.1, -0.05) is 6.07 Å². The van der Waals surface area contributed by atoms with Gasteiger partial charge in [0.25, 0.3) is 5.91 Å². The van der Waals surface area contributed by atoms with Crippen LogP contribution in [0.15, 0.2) is 36.5 Å². The molecule has 1 heterocycles. The van der Waals surface area contributed by atoms with Gasteiger partial charge in [0.2, 0.25) is 0 Å². The van der Waals surface area contributed by atoms with E-state index in [1.54, 1.807) is 18.3 Å². The van der Waals surface area contributed by atoms with Crippen LogP contribution in [0.2, 0.25) is 0 Å². The monoisotopic (exact) mass is 326 g/mol. The number of pyridine rings is 1. The Balaban J connectivity index is 1.97. The lowest BCUT2D eigenvalue weighted by Gasteiger charge is -2.11. The van der Waals surface area contributed by atoms with Crippen molar-refractivity contribution in [3.05, 3.63) is 53.2 Å². The van der Waals surface area contributed by atoms with Crippen molar-refractivity contribution in [2.75, 3.05) is 32.5 Å². The molecule has 0 aliphatic heterocycles. The molecule has 1 aromatic heterocycles. The summed E-state index contributed by atoms with van der Waals surface area (Å²) < 4.78 is 0. The van der Waals surface area contributed by atoms with Crippen LogP contribution < -0.4 is 10.6 Å². The molecule has 1 amide bonds. The largest absolute Gasteiger partial charge is 0.352 e. The summed E-state index contributed by atoms with van der Waals surface area (Å²) in [6.07, 6.45) is 2.58. The summed E-state index contributed by atoms with van der Waals surface area (Å²) >= 11 is 0. The third-order valence-electron chi connectivity index (χ3n) is 3.87. The SMILES string of the molecule is Cc1ccc(Nc2cc(C(=O)NCCCN(C)C)ccn2)cc1C. The summed E-state index contributed by atoms with van der Waals surface area (Å²) in [4.78, 5) is 18.6. The Bertz CT molecular complexity index is 698. The van der Waals surface area contributed by atoms with Gasteiger partial charge in [0.15, 0.2) is 0 Å². The minimum absolute atomic E-state index is 0.0701. The van der Waals surface area contributed by atoms with E-state index in [0.29, 0.717) is 17.9 Å². The van der Waals surface area contributed by atoms with E-state index in [-0.39, 0.29) is 5.91 Å². The second kappa shape index (κ2) is 8.45. The van der Waals surface area contributed by atoms with Gasteiger partial charge in [0.05, 0.1) is 0 Å². The molecule has 5 nitrogen and oxygen atoms in total. The van der Waals surface area contributed by atoms with Crippen molar-refractivity contribution in [1.29, 1.82) is 0 Å². The van der Waals surface area contributed by atoms with Crippen molar-refractivity contribution >= 4 is 17.4 Å². The number of nitrogens with zero attached hydrogens (tertiary/aromatic N) is 2. The molecule has 1 aromatic carbocycles. The second-order valence-corrected chi connectivity index (χ2v) is 6.27. The first-order valence-electron chi connectivity index (χ1n) is 8.19. The third kappa shape index (κ3) is 5.35. The van der Waals surface area contributed by atoms with Gasteiger partial charge < -0.3 is 15.5 Å². The van der Waals surface area contributed by atoms with Crippen LogP contribution in [0.4, 0.5) is 11.5 Å². The Labute approximate surface area is 144 Å². The highest BCUT2D eigenvalue weighted by atomic mass is 16.1. The van der Waals surface area contributed by atoms with E-state index >= 15 is 0 Å². The molecule has 0 saturated carbocycles. The summed E-state index contributed by atoms with van der Waals surface area (Å²) in [7, 11) is 4.05. The number of anilines is 2. The quantitative estimate of drug-likeness (QED) is 0.768. The lowest BCUT2D eigenvalue weighted by atomic mass is 10.1. The number of aryl methyl sites for hydroxylation is 2. The first-order valence-corrected chi connectivity index (χ1v) is 8.19.